The summed E-state index contributed by atoms with van der Waals surface area (Å²) in [6, 6.07) is 11.5. The van der Waals surface area contributed by atoms with Gasteiger partial charge in [-0.25, -0.2) is 8.78 Å². The van der Waals surface area contributed by atoms with Gasteiger partial charge >= 0.3 is 12.4 Å². The summed E-state index contributed by atoms with van der Waals surface area (Å²) in [5.41, 5.74) is -3.17. The van der Waals surface area contributed by atoms with E-state index < -0.39 is 54.2 Å². The minimum atomic E-state index is -4.95. The van der Waals surface area contributed by atoms with Crippen molar-refractivity contribution in [1.29, 1.82) is 0 Å². The Bertz CT molecular complexity index is 1100. The van der Waals surface area contributed by atoms with Gasteiger partial charge in [0.2, 0.25) is 0 Å². The van der Waals surface area contributed by atoms with Crippen LogP contribution in [0.15, 0.2) is 66.9 Å². The summed E-state index contributed by atoms with van der Waals surface area (Å²) >= 11 is 0. The third kappa shape index (κ3) is 5.53. The van der Waals surface area contributed by atoms with Gasteiger partial charge in [-0.1, -0.05) is 30.3 Å². The minimum Gasteiger partial charge on any atom is -0.382 e. The Morgan fingerprint density at radius 3 is 2.00 bits per heavy atom. The van der Waals surface area contributed by atoms with Gasteiger partial charge < -0.3 is 10.4 Å². The molecular weight excluding hydrogens is 472 g/mol. The van der Waals surface area contributed by atoms with Crippen LogP contribution in [0.2, 0.25) is 0 Å². The summed E-state index contributed by atoms with van der Waals surface area (Å²) in [6.45, 7) is -1.52. The largest absolute Gasteiger partial charge is 0.416 e. The lowest BCUT2D eigenvalue weighted by molar-refractivity contribution is -0.201. The number of rotatable bonds is 7. The summed E-state index contributed by atoms with van der Waals surface area (Å²) in [5, 5.41) is 11.8. The first-order valence-corrected chi connectivity index (χ1v) is 9.85. The SMILES string of the molecule is O[C@H](CNC[C@](c1ccccc1)(c1cc(F)cc(C(F)(F)F)c1)c1ccc(F)cn1)C(F)(F)F. The number of nitrogens with one attached hydrogen (secondary N) is 1. The van der Waals surface area contributed by atoms with Crippen molar-refractivity contribution >= 4 is 0 Å². The van der Waals surface area contributed by atoms with E-state index in [1.54, 1.807) is 6.07 Å². The number of hydrogen-bond donors (Lipinski definition) is 2. The fraction of sp³-hybridized carbons (Fsp3) is 0.261. The monoisotopic (exact) mass is 490 g/mol. The van der Waals surface area contributed by atoms with Crippen LogP contribution in [0.3, 0.4) is 0 Å². The molecule has 3 rings (SSSR count). The second kappa shape index (κ2) is 9.67. The van der Waals surface area contributed by atoms with Crippen LogP contribution in [0.5, 0.6) is 0 Å². The summed E-state index contributed by atoms with van der Waals surface area (Å²) in [7, 11) is 0. The molecule has 0 amide bonds. The van der Waals surface area contributed by atoms with Crippen molar-refractivity contribution in [3.63, 3.8) is 0 Å². The highest BCUT2D eigenvalue weighted by molar-refractivity contribution is 5.50. The molecule has 0 bridgehead atoms. The van der Waals surface area contributed by atoms with Crippen LogP contribution >= 0.6 is 0 Å². The number of benzene rings is 2. The van der Waals surface area contributed by atoms with E-state index in [0.29, 0.717) is 6.07 Å². The highest BCUT2D eigenvalue weighted by atomic mass is 19.4. The average Bonchev–Trinajstić information content (AvgIpc) is 2.76. The number of alkyl halides is 6. The number of pyridine rings is 1. The van der Waals surface area contributed by atoms with Gasteiger partial charge in [-0.3, -0.25) is 4.98 Å². The van der Waals surface area contributed by atoms with Crippen LogP contribution in [0.1, 0.15) is 22.4 Å². The van der Waals surface area contributed by atoms with E-state index >= 15 is 0 Å². The summed E-state index contributed by atoms with van der Waals surface area (Å²) < 4.78 is 107. The molecule has 0 aliphatic rings. The molecule has 0 saturated heterocycles. The summed E-state index contributed by atoms with van der Waals surface area (Å²) in [4.78, 5) is 3.97. The molecule has 0 radical (unpaired) electrons. The number of hydrogen-bond acceptors (Lipinski definition) is 3. The van der Waals surface area contributed by atoms with Crippen LogP contribution in [0.25, 0.3) is 0 Å². The lowest BCUT2D eigenvalue weighted by Gasteiger charge is -2.36. The maximum atomic E-state index is 14.4. The highest BCUT2D eigenvalue weighted by Gasteiger charge is 2.42. The second-order valence-corrected chi connectivity index (χ2v) is 7.55. The molecule has 2 atom stereocenters. The predicted octanol–water partition coefficient (Wildman–Crippen LogP) is 5.23. The fourth-order valence-corrected chi connectivity index (χ4v) is 3.62. The highest BCUT2D eigenvalue weighted by Crippen LogP contribution is 2.41. The molecule has 1 heterocycles. The Balaban J connectivity index is 2.24. The van der Waals surface area contributed by atoms with Gasteiger partial charge in [0, 0.05) is 13.1 Å². The molecule has 11 heteroatoms. The first-order chi connectivity index (χ1) is 15.8. The van der Waals surface area contributed by atoms with Gasteiger partial charge in [-0.2, -0.15) is 26.3 Å². The molecule has 0 unspecified atom stereocenters. The van der Waals surface area contributed by atoms with Crippen molar-refractivity contribution < 1.29 is 40.2 Å². The lowest BCUT2D eigenvalue weighted by atomic mass is 9.71. The van der Waals surface area contributed by atoms with Gasteiger partial charge in [-0.15, -0.1) is 0 Å². The first kappa shape index (κ1) is 25.6. The summed E-state index contributed by atoms with van der Waals surface area (Å²) in [5.74, 6) is -2.00. The number of nitrogens with zero attached hydrogens (tertiary/aromatic N) is 1. The van der Waals surface area contributed by atoms with E-state index in [1.807, 2.05) is 0 Å². The van der Waals surface area contributed by atoms with E-state index in [-0.39, 0.29) is 22.9 Å². The number of aliphatic hydroxyl groups is 1. The quantitative estimate of drug-likeness (QED) is 0.446. The maximum Gasteiger partial charge on any atom is 0.416 e. The fourth-order valence-electron chi connectivity index (χ4n) is 3.62. The van der Waals surface area contributed by atoms with Crippen LogP contribution in [-0.2, 0) is 11.6 Å². The van der Waals surface area contributed by atoms with Crippen molar-refractivity contribution in [3.8, 4) is 0 Å². The van der Waals surface area contributed by atoms with Crippen molar-refractivity contribution in [2.24, 2.45) is 0 Å². The van der Waals surface area contributed by atoms with Gasteiger partial charge in [-0.05, 0) is 41.5 Å². The Labute approximate surface area is 189 Å². The van der Waals surface area contributed by atoms with Crippen molar-refractivity contribution in [2.45, 2.75) is 23.9 Å². The van der Waals surface area contributed by atoms with Gasteiger partial charge in [0.1, 0.15) is 11.6 Å². The van der Waals surface area contributed by atoms with E-state index in [0.717, 1.165) is 24.4 Å². The standard InChI is InChI=1S/C23H18F8N2O/c24-17-6-7-19(33-11-17)21(14-4-2-1-3-5-14,13-32-12-20(34)23(29,30)31)15-8-16(22(26,27)28)10-18(25)9-15/h1-11,20,32,34H,12-13H2/t20-,21+/m1/s1. The van der Waals surface area contributed by atoms with Crippen molar-refractivity contribution in [2.75, 3.05) is 13.1 Å². The molecule has 0 fully saturated rings. The molecule has 0 aliphatic carbocycles. The Morgan fingerprint density at radius 2 is 1.44 bits per heavy atom. The first-order valence-electron chi connectivity index (χ1n) is 9.85. The van der Waals surface area contributed by atoms with Gasteiger partial charge in [0.05, 0.1) is 22.9 Å². The van der Waals surface area contributed by atoms with Gasteiger partial charge in [0.25, 0.3) is 0 Å². The zero-order valence-corrected chi connectivity index (χ0v) is 17.3. The molecule has 1 aromatic heterocycles. The van der Waals surface area contributed by atoms with E-state index in [9.17, 15) is 40.2 Å². The molecule has 3 aromatic rings. The van der Waals surface area contributed by atoms with Gasteiger partial charge in [0.15, 0.2) is 6.10 Å². The molecule has 0 saturated carbocycles. The molecule has 182 valence electrons. The third-order valence-electron chi connectivity index (χ3n) is 5.25. The minimum absolute atomic E-state index is 0.0483. The van der Waals surface area contributed by atoms with E-state index in [1.165, 1.54) is 24.3 Å². The molecule has 2 aromatic carbocycles. The number of aliphatic hydroxyl groups excluding tert-OH is 1. The Kier molecular flexibility index (Phi) is 7.27. The van der Waals surface area contributed by atoms with Crippen LogP contribution in [-0.4, -0.2) is 35.5 Å². The molecule has 2 N–H and O–H groups in total. The van der Waals surface area contributed by atoms with E-state index in [4.69, 9.17) is 0 Å². The predicted molar refractivity (Wildman–Crippen MR) is 107 cm³/mol. The Hall–Kier alpha value is -3.05. The lowest BCUT2D eigenvalue weighted by Crippen LogP contribution is -2.46. The van der Waals surface area contributed by atoms with Crippen molar-refractivity contribution in [3.05, 3.63) is 101 Å². The smallest absolute Gasteiger partial charge is 0.382 e. The van der Waals surface area contributed by atoms with Crippen molar-refractivity contribution in [1.82, 2.24) is 10.3 Å². The zero-order valence-electron chi connectivity index (χ0n) is 17.3. The molecule has 34 heavy (non-hydrogen) atoms. The zero-order chi connectivity index (χ0) is 25.1. The van der Waals surface area contributed by atoms with Crippen LogP contribution in [0, 0.1) is 11.6 Å². The maximum absolute atomic E-state index is 14.4. The molecule has 0 spiro atoms. The summed E-state index contributed by atoms with van der Waals surface area (Å²) in [6.07, 6.45) is -11.8. The van der Waals surface area contributed by atoms with Crippen LogP contribution < -0.4 is 5.32 Å². The number of aromatic nitrogens is 1. The molecular formula is C23H18F8N2O. The average molecular weight is 490 g/mol. The normalized spacial score (nSPS) is 15.1. The topological polar surface area (TPSA) is 45.1 Å². The van der Waals surface area contributed by atoms with Crippen LogP contribution in [0.4, 0.5) is 35.1 Å². The second-order valence-electron chi connectivity index (χ2n) is 7.55. The molecule has 3 nitrogen and oxygen atoms in total. The Morgan fingerprint density at radius 1 is 0.794 bits per heavy atom. The molecule has 0 aliphatic heterocycles. The van der Waals surface area contributed by atoms with E-state index in [2.05, 4.69) is 10.3 Å². The third-order valence-corrected chi connectivity index (χ3v) is 5.25. The number of halogens is 8.